The monoisotopic (exact) mass is 504 g/mol. The van der Waals surface area contributed by atoms with Gasteiger partial charge in [0.15, 0.2) is 5.03 Å². The van der Waals surface area contributed by atoms with Gasteiger partial charge >= 0.3 is 0 Å². The maximum absolute atomic E-state index is 13.9. The van der Waals surface area contributed by atoms with Crippen LogP contribution in [0.3, 0.4) is 0 Å². The average molecular weight is 505 g/mol. The van der Waals surface area contributed by atoms with Crippen molar-refractivity contribution in [1.82, 2.24) is 28.0 Å². The van der Waals surface area contributed by atoms with Gasteiger partial charge in [-0.25, -0.2) is 18.4 Å². The van der Waals surface area contributed by atoms with Crippen molar-refractivity contribution in [2.24, 2.45) is 14.1 Å². The molecule has 11 heteroatoms. The molecule has 4 heterocycles. The molecule has 4 aromatic rings. The Bertz CT molecular complexity index is 1500. The molecule has 0 saturated carbocycles. The van der Waals surface area contributed by atoms with E-state index in [0.717, 1.165) is 16.9 Å². The van der Waals surface area contributed by atoms with E-state index in [4.69, 9.17) is 0 Å². The molecule has 3 aromatic heterocycles. The normalized spacial score (nSPS) is 15.7. The zero-order valence-corrected chi connectivity index (χ0v) is 21.1. The molecule has 0 amide bonds. The lowest BCUT2D eigenvalue weighted by molar-refractivity contribution is 0.297. The van der Waals surface area contributed by atoms with E-state index in [-0.39, 0.29) is 11.1 Å². The summed E-state index contributed by atoms with van der Waals surface area (Å²) in [5.41, 5.74) is 3.53. The van der Waals surface area contributed by atoms with Crippen molar-refractivity contribution in [3.05, 3.63) is 84.6 Å². The Labute approximate surface area is 210 Å². The van der Waals surface area contributed by atoms with Crippen LogP contribution in [-0.2, 0) is 43.6 Å². The molecular formula is C25H28N8O2S. The van der Waals surface area contributed by atoms with Gasteiger partial charge in [0.05, 0.1) is 36.5 Å². The van der Waals surface area contributed by atoms with E-state index >= 15 is 0 Å². The van der Waals surface area contributed by atoms with Gasteiger partial charge in [-0.15, -0.1) is 0 Å². The van der Waals surface area contributed by atoms with Crippen molar-refractivity contribution >= 4 is 15.7 Å². The number of anilines is 1. The summed E-state index contributed by atoms with van der Waals surface area (Å²) in [5.74, 6) is 0. The zero-order chi connectivity index (χ0) is 25.3. The number of imidazole rings is 2. The first-order valence-corrected chi connectivity index (χ1v) is 13.1. The van der Waals surface area contributed by atoms with E-state index in [1.807, 2.05) is 65.1 Å². The molecule has 1 aromatic carbocycles. The molecule has 0 bridgehead atoms. The van der Waals surface area contributed by atoms with Gasteiger partial charge in [-0.3, -0.25) is 0 Å². The van der Waals surface area contributed by atoms with Crippen molar-refractivity contribution in [3.63, 3.8) is 0 Å². The molecule has 10 nitrogen and oxygen atoms in total. The molecule has 0 saturated heterocycles. The lowest BCUT2D eigenvalue weighted by Crippen LogP contribution is -2.51. The molecule has 5 rings (SSSR count). The Balaban J connectivity index is 1.53. The minimum Gasteiger partial charge on any atom is -0.364 e. The number of nitriles is 1. The molecular weight excluding hydrogens is 476 g/mol. The van der Waals surface area contributed by atoms with Gasteiger partial charge in [0, 0.05) is 70.2 Å². The van der Waals surface area contributed by atoms with Crippen molar-refractivity contribution in [3.8, 4) is 6.07 Å². The fourth-order valence-corrected chi connectivity index (χ4v) is 6.32. The summed E-state index contributed by atoms with van der Waals surface area (Å²) in [5, 5.41) is 9.53. The predicted molar refractivity (Wildman–Crippen MR) is 134 cm³/mol. The molecule has 1 aliphatic heterocycles. The molecule has 0 radical (unpaired) electrons. The van der Waals surface area contributed by atoms with Gasteiger partial charge in [-0.1, -0.05) is 0 Å². The number of fused-ring (bicyclic) bond motifs is 1. The third-order valence-corrected chi connectivity index (χ3v) is 8.45. The van der Waals surface area contributed by atoms with Crippen molar-refractivity contribution < 1.29 is 8.42 Å². The minimum absolute atomic E-state index is 0.0345. The summed E-state index contributed by atoms with van der Waals surface area (Å²) in [6.45, 7) is 1.89. The predicted octanol–water partition coefficient (Wildman–Crippen LogP) is 2.15. The van der Waals surface area contributed by atoms with Crippen LogP contribution in [-0.4, -0.2) is 55.5 Å². The highest BCUT2D eigenvalue weighted by molar-refractivity contribution is 7.89. The van der Waals surface area contributed by atoms with Gasteiger partial charge in [0.1, 0.15) is 0 Å². The van der Waals surface area contributed by atoms with Crippen molar-refractivity contribution in [2.45, 2.75) is 30.6 Å². The standard InChI is InChI=1S/C25H28N8O2S/c1-29-17-25(28-19-29)36(34,35)33(10-9-31-7-3-4-8-31)22-12-21-11-20(13-26)5-6-24(21)32(15-22)16-23-14-27-18-30(23)2/h3-8,11,14,17-19,22H,9-10,12,15-16H2,1-2H3. The third-order valence-electron chi connectivity index (χ3n) is 6.61. The first kappa shape index (κ1) is 23.8. The van der Waals surface area contributed by atoms with Gasteiger partial charge in [-0.2, -0.15) is 9.57 Å². The van der Waals surface area contributed by atoms with Crippen LogP contribution >= 0.6 is 0 Å². The molecule has 1 aliphatic rings. The SMILES string of the molecule is Cn1cnc(S(=O)(=O)N(CCn2cccc2)C2Cc3cc(C#N)ccc3N(Cc3cncn3C)C2)c1. The smallest absolute Gasteiger partial charge is 0.262 e. The van der Waals surface area contributed by atoms with Crippen LogP contribution in [0.25, 0.3) is 0 Å². The molecule has 1 atom stereocenters. The summed E-state index contributed by atoms with van der Waals surface area (Å²) < 4.78 is 34.9. The summed E-state index contributed by atoms with van der Waals surface area (Å²) in [7, 11) is -0.167. The Morgan fingerprint density at radius 3 is 2.67 bits per heavy atom. The van der Waals surface area contributed by atoms with E-state index in [2.05, 4.69) is 20.9 Å². The van der Waals surface area contributed by atoms with E-state index in [1.54, 1.807) is 22.2 Å². The summed E-state index contributed by atoms with van der Waals surface area (Å²) in [6.07, 6.45) is 11.0. The van der Waals surface area contributed by atoms with Crippen LogP contribution in [0.2, 0.25) is 0 Å². The third kappa shape index (κ3) is 4.65. The maximum atomic E-state index is 13.9. The fourth-order valence-electron chi connectivity index (χ4n) is 4.75. The second-order valence-corrected chi connectivity index (χ2v) is 10.9. The zero-order valence-electron chi connectivity index (χ0n) is 20.3. The summed E-state index contributed by atoms with van der Waals surface area (Å²) >= 11 is 0. The maximum Gasteiger partial charge on any atom is 0.262 e. The molecule has 1 unspecified atom stereocenters. The van der Waals surface area contributed by atoms with Crippen LogP contribution in [0.15, 0.2) is 72.8 Å². The van der Waals surface area contributed by atoms with E-state index < -0.39 is 10.0 Å². The molecule has 0 aliphatic carbocycles. The van der Waals surface area contributed by atoms with Crippen molar-refractivity contribution in [2.75, 3.05) is 18.0 Å². The molecule has 36 heavy (non-hydrogen) atoms. The second-order valence-electron chi connectivity index (χ2n) is 9.10. The van der Waals surface area contributed by atoms with Crippen LogP contribution in [0.4, 0.5) is 5.69 Å². The minimum atomic E-state index is -3.87. The second kappa shape index (κ2) is 9.64. The Kier molecular flexibility index (Phi) is 6.38. The number of nitrogens with zero attached hydrogens (tertiary/aromatic N) is 8. The quantitative estimate of drug-likeness (QED) is 0.364. The number of rotatable bonds is 8. The topological polar surface area (TPSA) is 105 Å². The number of benzene rings is 1. The molecule has 0 spiro atoms. The van der Waals surface area contributed by atoms with Gasteiger partial charge in [0.2, 0.25) is 0 Å². The Morgan fingerprint density at radius 1 is 1.19 bits per heavy atom. The van der Waals surface area contributed by atoms with E-state index in [9.17, 15) is 13.7 Å². The number of hydrogen-bond acceptors (Lipinski definition) is 6. The Hall–Kier alpha value is -3.88. The number of hydrogen-bond donors (Lipinski definition) is 0. The van der Waals surface area contributed by atoms with Gasteiger partial charge < -0.3 is 18.6 Å². The number of aryl methyl sites for hydroxylation is 2. The van der Waals surface area contributed by atoms with Crippen LogP contribution in [0.1, 0.15) is 16.8 Å². The number of sulfonamides is 1. The average Bonchev–Trinajstić information content (AvgIpc) is 3.62. The Morgan fingerprint density at radius 2 is 2.00 bits per heavy atom. The van der Waals surface area contributed by atoms with Crippen LogP contribution < -0.4 is 4.90 Å². The van der Waals surface area contributed by atoms with E-state index in [1.165, 1.54) is 12.5 Å². The lowest BCUT2D eigenvalue weighted by Gasteiger charge is -2.40. The first-order valence-electron chi connectivity index (χ1n) is 11.7. The highest BCUT2D eigenvalue weighted by Gasteiger charge is 2.37. The van der Waals surface area contributed by atoms with Gasteiger partial charge in [0.25, 0.3) is 10.0 Å². The van der Waals surface area contributed by atoms with Crippen molar-refractivity contribution in [1.29, 1.82) is 5.26 Å². The molecule has 186 valence electrons. The first-order chi connectivity index (χ1) is 17.3. The summed E-state index contributed by atoms with van der Waals surface area (Å²) in [6, 6.07) is 11.4. The van der Waals surface area contributed by atoms with E-state index in [0.29, 0.717) is 38.2 Å². The van der Waals surface area contributed by atoms with Crippen LogP contribution in [0.5, 0.6) is 0 Å². The van der Waals surface area contributed by atoms with Gasteiger partial charge in [-0.05, 0) is 42.3 Å². The molecule has 0 fully saturated rings. The number of aromatic nitrogens is 5. The fraction of sp³-hybridized carbons (Fsp3) is 0.320. The highest BCUT2D eigenvalue weighted by atomic mass is 32.2. The highest BCUT2D eigenvalue weighted by Crippen LogP contribution is 2.33. The van der Waals surface area contributed by atoms with Crippen LogP contribution in [0, 0.1) is 11.3 Å². The molecule has 0 N–H and O–H groups in total. The lowest BCUT2D eigenvalue weighted by atomic mass is 9.95. The summed E-state index contributed by atoms with van der Waals surface area (Å²) in [4.78, 5) is 10.6. The largest absolute Gasteiger partial charge is 0.364 e.